The van der Waals surface area contributed by atoms with Crippen LogP contribution in [-0.2, 0) is 23.9 Å². The maximum absolute atomic E-state index is 13.0. The molecule has 1 saturated heterocycles. The zero-order valence-electron chi connectivity index (χ0n) is 17.1. The molecule has 0 N–H and O–H groups in total. The Morgan fingerprint density at radius 1 is 1.04 bits per heavy atom. The zero-order valence-corrected chi connectivity index (χ0v) is 17.1. The quantitative estimate of drug-likeness (QED) is 0.537. The predicted molar refractivity (Wildman–Crippen MR) is 98.4 cm³/mol. The first-order valence-electron chi connectivity index (χ1n) is 10.6. The lowest BCUT2D eigenvalue weighted by atomic mass is 9.38. The van der Waals surface area contributed by atoms with Crippen LogP contribution in [-0.4, -0.2) is 24.5 Å². The van der Waals surface area contributed by atoms with Crippen LogP contribution >= 0.6 is 0 Å². The Morgan fingerprint density at radius 2 is 1.74 bits per heavy atom. The Bertz CT molecular complexity index is 701. The maximum atomic E-state index is 13.0. The molecule has 1 aliphatic heterocycles. The molecule has 5 heteroatoms. The highest BCUT2D eigenvalue weighted by Crippen LogP contribution is 2.70. The topological polar surface area (TPSA) is 69.7 Å². The summed E-state index contributed by atoms with van der Waals surface area (Å²) in [5.74, 6) is -0.352. The van der Waals surface area contributed by atoms with Crippen molar-refractivity contribution in [1.29, 1.82) is 0 Å². The van der Waals surface area contributed by atoms with E-state index in [1.807, 2.05) is 13.8 Å². The second-order valence-electron chi connectivity index (χ2n) is 10.3. The number of carbonyl (C=O) groups excluding carboxylic acids is 3. The predicted octanol–water partition coefficient (Wildman–Crippen LogP) is 4.03. The van der Waals surface area contributed by atoms with E-state index in [-0.39, 0.29) is 35.2 Å². The van der Waals surface area contributed by atoms with E-state index in [1.54, 1.807) is 0 Å². The van der Waals surface area contributed by atoms with E-state index in [9.17, 15) is 14.4 Å². The summed E-state index contributed by atoms with van der Waals surface area (Å²) in [5.41, 5.74) is -1.68. The fourth-order valence-corrected chi connectivity index (χ4v) is 7.59. The Labute approximate surface area is 161 Å². The molecule has 0 amide bonds. The van der Waals surface area contributed by atoms with Crippen LogP contribution in [0.4, 0.5) is 0 Å². The van der Waals surface area contributed by atoms with E-state index in [0.717, 1.165) is 38.5 Å². The van der Waals surface area contributed by atoms with E-state index in [1.165, 1.54) is 0 Å². The summed E-state index contributed by atoms with van der Waals surface area (Å²) in [5, 5.41) is 0. The average Bonchev–Trinajstić information content (AvgIpc) is 2.60. The van der Waals surface area contributed by atoms with E-state index < -0.39 is 16.2 Å². The van der Waals surface area contributed by atoms with Crippen LogP contribution in [0.25, 0.3) is 0 Å². The molecule has 0 radical (unpaired) electrons. The largest absolute Gasteiger partial charge is 0.466 e. The number of ether oxygens (including phenoxy) is 2. The molecular formula is C22H32O5. The van der Waals surface area contributed by atoms with Crippen molar-refractivity contribution in [2.45, 2.75) is 79.1 Å². The van der Waals surface area contributed by atoms with Gasteiger partial charge < -0.3 is 9.47 Å². The monoisotopic (exact) mass is 376 g/mol. The van der Waals surface area contributed by atoms with Gasteiger partial charge in [-0.05, 0) is 83.0 Å². The van der Waals surface area contributed by atoms with Gasteiger partial charge in [-0.15, -0.1) is 0 Å². The zero-order chi connectivity index (χ0) is 19.7. The number of fused-ring (bicyclic) bond motifs is 3. The van der Waals surface area contributed by atoms with Crippen LogP contribution in [0.2, 0.25) is 0 Å². The number of hydrogen-bond acceptors (Lipinski definition) is 5. The molecule has 150 valence electrons. The molecule has 6 atom stereocenters. The van der Waals surface area contributed by atoms with E-state index >= 15 is 0 Å². The third-order valence-electron chi connectivity index (χ3n) is 8.84. The Hall–Kier alpha value is -1.39. The van der Waals surface area contributed by atoms with Crippen LogP contribution in [0, 0.1) is 33.5 Å². The summed E-state index contributed by atoms with van der Waals surface area (Å²) in [6, 6.07) is 0. The van der Waals surface area contributed by atoms with Crippen molar-refractivity contribution in [3.8, 4) is 0 Å². The van der Waals surface area contributed by atoms with Gasteiger partial charge in [-0.3, -0.25) is 14.4 Å². The Balaban J connectivity index is 1.74. The summed E-state index contributed by atoms with van der Waals surface area (Å²) >= 11 is 0. The molecule has 1 spiro atoms. The average molecular weight is 376 g/mol. The van der Waals surface area contributed by atoms with Gasteiger partial charge in [0, 0.05) is 0 Å². The third kappa shape index (κ3) is 2.32. The molecule has 0 aromatic rings. The fraction of sp³-hybridized carbons (Fsp3) is 0.864. The van der Waals surface area contributed by atoms with Gasteiger partial charge in [-0.2, -0.15) is 0 Å². The highest BCUT2D eigenvalue weighted by Gasteiger charge is 2.70. The van der Waals surface area contributed by atoms with Gasteiger partial charge in [0.05, 0.1) is 22.9 Å². The molecule has 27 heavy (non-hydrogen) atoms. The van der Waals surface area contributed by atoms with Gasteiger partial charge in [0.1, 0.15) is 0 Å². The molecule has 3 aliphatic carbocycles. The number of esters is 3. The number of carbonyl (C=O) groups is 3. The highest BCUT2D eigenvalue weighted by molar-refractivity contribution is 5.95. The lowest BCUT2D eigenvalue weighted by Gasteiger charge is -2.65. The van der Waals surface area contributed by atoms with Gasteiger partial charge in [0.2, 0.25) is 0 Å². The molecule has 5 nitrogen and oxygen atoms in total. The van der Waals surface area contributed by atoms with Crippen molar-refractivity contribution in [2.24, 2.45) is 33.5 Å². The molecule has 0 aromatic heterocycles. The first-order valence-corrected chi connectivity index (χ1v) is 10.6. The van der Waals surface area contributed by atoms with Crippen molar-refractivity contribution in [3.05, 3.63) is 0 Å². The van der Waals surface area contributed by atoms with Gasteiger partial charge in [-0.1, -0.05) is 13.3 Å². The molecule has 0 aromatic carbocycles. The van der Waals surface area contributed by atoms with E-state index in [0.29, 0.717) is 19.4 Å². The molecule has 4 fully saturated rings. The number of hydrogen-bond donors (Lipinski definition) is 0. The fourth-order valence-electron chi connectivity index (χ4n) is 7.59. The lowest BCUT2D eigenvalue weighted by molar-refractivity contribution is -0.225. The Morgan fingerprint density at radius 3 is 2.44 bits per heavy atom. The number of rotatable bonds is 2. The minimum absolute atomic E-state index is 0.0843. The van der Waals surface area contributed by atoms with Crippen molar-refractivity contribution in [1.82, 2.24) is 0 Å². The first-order chi connectivity index (χ1) is 12.6. The van der Waals surface area contributed by atoms with Crippen LogP contribution in [0.3, 0.4) is 0 Å². The molecule has 2 bridgehead atoms. The van der Waals surface area contributed by atoms with Gasteiger partial charge in [0.25, 0.3) is 0 Å². The van der Waals surface area contributed by atoms with E-state index in [2.05, 4.69) is 13.8 Å². The van der Waals surface area contributed by atoms with Gasteiger partial charge in [0.15, 0.2) is 0 Å². The normalized spacial score (nSPS) is 48.9. The summed E-state index contributed by atoms with van der Waals surface area (Å²) in [4.78, 5) is 38.2. The van der Waals surface area contributed by atoms with Crippen LogP contribution in [0.15, 0.2) is 0 Å². The standard InChI is InChI=1S/C22H32O5/c1-5-26-17(24)21(4)10-6-9-20(3)14(21)8-12-22-13-19(2,11-7-15(20)22)16(23)27-18(22)25/h14-15H,5-13H2,1-4H3/t14-,15-,19-,20+,21+,22-/m0/s1. The second-order valence-corrected chi connectivity index (χ2v) is 10.3. The maximum Gasteiger partial charge on any atom is 0.320 e. The second kappa shape index (κ2) is 5.81. The molecular weight excluding hydrogens is 344 g/mol. The number of cyclic esters (lactones) is 2. The summed E-state index contributed by atoms with van der Waals surface area (Å²) < 4.78 is 10.8. The van der Waals surface area contributed by atoms with Crippen molar-refractivity contribution in [3.63, 3.8) is 0 Å². The highest BCUT2D eigenvalue weighted by atomic mass is 16.6. The molecule has 4 aliphatic rings. The smallest absolute Gasteiger partial charge is 0.320 e. The van der Waals surface area contributed by atoms with Crippen LogP contribution in [0.5, 0.6) is 0 Å². The van der Waals surface area contributed by atoms with Crippen LogP contribution < -0.4 is 0 Å². The van der Waals surface area contributed by atoms with Gasteiger partial charge in [-0.25, -0.2) is 0 Å². The molecule has 4 rings (SSSR count). The SMILES string of the molecule is CCOC(=O)[C@]1(C)CCC[C@@]2(C)[C@@H]3CC[C@@]4(C)C[C@]3(CC[C@@H]21)C(=O)OC4=O. The van der Waals surface area contributed by atoms with E-state index in [4.69, 9.17) is 9.47 Å². The molecule has 3 saturated carbocycles. The van der Waals surface area contributed by atoms with Crippen molar-refractivity contribution in [2.75, 3.05) is 6.61 Å². The molecule has 0 unspecified atom stereocenters. The summed E-state index contributed by atoms with van der Waals surface area (Å²) in [7, 11) is 0. The minimum atomic E-state index is -0.556. The van der Waals surface area contributed by atoms with Gasteiger partial charge >= 0.3 is 17.9 Å². The van der Waals surface area contributed by atoms with Crippen LogP contribution in [0.1, 0.15) is 79.1 Å². The summed E-state index contributed by atoms with van der Waals surface area (Å²) in [6.07, 6.45) is 6.63. The van der Waals surface area contributed by atoms with Crippen molar-refractivity contribution < 1.29 is 23.9 Å². The minimum Gasteiger partial charge on any atom is -0.466 e. The first kappa shape index (κ1) is 18.9. The Kier molecular flexibility index (Phi) is 4.07. The van der Waals surface area contributed by atoms with Crippen molar-refractivity contribution >= 4 is 17.9 Å². The molecule has 1 heterocycles. The lowest BCUT2D eigenvalue weighted by Crippen LogP contribution is -2.65. The third-order valence-corrected chi connectivity index (χ3v) is 8.84. The summed E-state index contributed by atoms with van der Waals surface area (Å²) in [6.45, 7) is 8.57.